The first-order chi connectivity index (χ1) is 12.7. The number of carbonyl (C=O) groups excluding carboxylic acids is 2. The number of ether oxygens (including phenoxy) is 2. The van der Waals surface area contributed by atoms with Gasteiger partial charge in [-0.2, -0.15) is 0 Å². The topological polar surface area (TPSA) is 107 Å². The van der Waals surface area contributed by atoms with Gasteiger partial charge < -0.3 is 18.8 Å². The number of aromatic nitrogens is 2. The summed E-state index contributed by atoms with van der Waals surface area (Å²) in [5, 5.41) is 10.2. The van der Waals surface area contributed by atoms with Gasteiger partial charge in [-0.25, -0.2) is 0 Å². The maximum Gasteiger partial charge on any atom is 0.322 e. The predicted octanol–water partition coefficient (Wildman–Crippen LogP) is 1.42. The fourth-order valence-corrected chi connectivity index (χ4v) is 2.83. The van der Waals surface area contributed by atoms with Crippen LogP contribution < -0.4 is 10.2 Å². The van der Waals surface area contributed by atoms with Crippen LogP contribution in [0.2, 0.25) is 0 Å². The average Bonchev–Trinajstić information content (AvgIpc) is 3.30. The first-order valence-corrected chi connectivity index (χ1v) is 8.15. The SMILES string of the molecule is O=C(Nc1nnc([C@@H]2CC(=O)N(c3ccccc3)C2)o1)C1=COCCO1. The maximum absolute atomic E-state index is 12.3. The Bertz CT molecular complexity index is 848. The van der Waals surface area contributed by atoms with Gasteiger partial charge in [-0.05, 0) is 12.1 Å². The van der Waals surface area contributed by atoms with Crippen molar-refractivity contribution in [2.24, 2.45) is 0 Å². The smallest absolute Gasteiger partial charge is 0.322 e. The fraction of sp³-hybridized carbons (Fsp3) is 0.294. The molecule has 0 saturated carbocycles. The molecule has 0 spiro atoms. The molecule has 2 aromatic rings. The van der Waals surface area contributed by atoms with Crippen LogP contribution in [0.25, 0.3) is 0 Å². The average molecular weight is 356 g/mol. The lowest BCUT2D eigenvalue weighted by Gasteiger charge is -2.15. The number of hydrogen-bond donors (Lipinski definition) is 1. The van der Waals surface area contributed by atoms with E-state index in [0.29, 0.717) is 25.6 Å². The zero-order valence-electron chi connectivity index (χ0n) is 13.8. The number of hydrogen-bond acceptors (Lipinski definition) is 7. The first-order valence-electron chi connectivity index (χ1n) is 8.15. The molecule has 2 amide bonds. The van der Waals surface area contributed by atoms with Crippen molar-refractivity contribution in [1.82, 2.24) is 10.2 Å². The number of para-hydroxylation sites is 1. The molecular weight excluding hydrogens is 340 g/mol. The van der Waals surface area contributed by atoms with E-state index in [1.165, 1.54) is 6.26 Å². The van der Waals surface area contributed by atoms with Gasteiger partial charge in [-0.15, -0.1) is 5.10 Å². The molecule has 2 aliphatic heterocycles. The maximum atomic E-state index is 12.3. The third kappa shape index (κ3) is 3.23. The summed E-state index contributed by atoms with van der Waals surface area (Å²) in [4.78, 5) is 26.0. The van der Waals surface area contributed by atoms with Crippen LogP contribution >= 0.6 is 0 Å². The van der Waals surface area contributed by atoms with Crippen LogP contribution in [0.5, 0.6) is 0 Å². The Morgan fingerprint density at radius 2 is 2.04 bits per heavy atom. The van der Waals surface area contributed by atoms with Crippen molar-refractivity contribution in [3.63, 3.8) is 0 Å². The number of nitrogens with zero attached hydrogens (tertiary/aromatic N) is 3. The van der Waals surface area contributed by atoms with Gasteiger partial charge >= 0.3 is 6.01 Å². The molecule has 9 nitrogen and oxygen atoms in total. The summed E-state index contributed by atoms with van der Waals surface area (Å²) >= 11 is 0. The molecule has 1 aromatic carbocycles. The fourth-order valence-electron chi connectivity index (χ4n) is 2.83. The van der Waals surface area contributed by atoms with Gasteiger partial charge in [0.25, 0.3) is 5.91 Å². The predicted molar refractivity (Wildman–Crippen MR) is 89.1 cm³/mol. The molecule has 1 N–H and O–H groups in total. The normalized spacial score (nSPS) is 19.5. The summed E-state index contributed by atoms with van der Waals surface area (Å²) in [6.45, 7) is 1.14. The third-order valence-electron chi connectivity index (χ3n) is 4.08. The largest absolute Gasteiger partial charge is 0.494 e. The molecule has 0 unspecified atom stereocenters. The van der Waals surface area contributed by atoms with Gasteiger partial charge in [0.05, 0.1) is 5.92 Å². The monoisotopic (exact) mass is 356 g/mol. The molecule has 4 rings (SSSR count). The minimum absolute atomic E-state index is 0.0112. The minimum atomic E-state index is -0.534. The van der Waals surface area contributed by atoms with Crippen LogP contribution in [0.15, 0.2) is 46.8 Å². The van der Waals surface area contributed by atoms with Gasteiger partial charge in [0.1, 0.15) is 19.5 Å². The van der Waals surface area contributed by atoms with Crippen LogP contribution in [0.3, 0.4) is 0 Å². The van der Waals surface area contributed by atoms with Crippen LogP contribution in [0.4, 0.5) is 11.7 Å². The summed E-state index contributed by atoms with van der Waals surface area (Å²) < 4.78 is 15.7. The minimum Gasteiger partial charge on any atom is -0.494 e. The van der Waals surface area contributed by atoms with E-state index in [4.69, 9.17) is 13.9 Å². The number of benzene rings is 1. The number of rotatable bonds is 4. The third-order valence-corrected chi connectivity index (χ3v) is 4.08. The standard InChI is InChI=1S/C17H16N4O5/c22-14-8-11(9-21(14)12-4-2-1-3-5-12)16-19-20-17(26-16)18-15(23)13-10-24-6-7-25-13/h1-5,10-11H,6-9H2,(H,18,20,23)/t11-/m1/s1. The Morgan fingerprint density at radius 3 is 2.81 bits per heavy atom. The number of carbonyl (C=O) groups is 2. The number of anilines is 2. The molecule has 1 saturated heterocycles. The Balaban J connectivity index is 1.43. The summed E-state index contributed by atoms with van der Waals surface area (Å²) in [5.41, 5.74) is 0.828. The second kappa shape index (κ2) is 6.87. The van der Waals surface area contributed by atoms with Crippen molar-refractivity contribution >= 4 is 23.5 Å². The Morgan fingerprint density at radius 1 is 1.19 bits per heavy atom. The number of amides is 2. The van der Waals surface area contributed by atoms with Crippen molar-refractivity contribution in [2.75, 3.05) is 30.0 Å². The molecule has 26 heavy (non-hydrogen) atoms. The highest BCUT2D eigenvalue weighted by molar-refractivity contribution is 6.00. The lowest BCUT2D eigenvalue weighted by molar-refractivity contribution is -0.118. The molecule has 1 atom stereocenters. The molecule has 3 heterocycles. The molecule has 0 bridgehead atoms. The molecule has 0 aliphatic carbocycles. The van der Waals surface area contributed by atoms with E-state index in [0.717, 1.165) is 5.69 Å². The van der Waals surface area contributed by atoms with Crippen molar-refractivity contribution in [3.05, 3.63) is 48.2 Å². The van der Waals surface area contributed by atoms with E-state index in [-0.39, 0.29) is 30.0 Å². The molecule has 1 fully saturated rings. The lowest BCUT2D eigenvalue weighted by atomic mass is 10.1. The van der Waals surface area contributed by atoms with Gasteiger partial charge in [0, 0.05) is 18.7 Å². The Labute approximate surface area is 148 Å². The van der Waals surface area contributed by atoms with Crippen LogP contribution in [-0.2, 0) is 19.1 Å². The zero-order chi connectivity index (χ0) is 17.9. The van der Waals surface area contributed by atoms with E-state index in [2.05, 4.69) is 15.5 Å². The number of nitrogens with one attached hydrogen (secondary N) is 1. The van der Waals surface area contributed by atoms with E-state index in [1.807, 2.05) is 30.3 Å². The highest BCUT2D eigenvalue weighted by atomic mass is 16.6. The zero-order valence-corrected chi connectivity index (χ0v) is 13.8. The van der Waals surface area contributed by atoms with Crippen molar-refractivity contribution in [2.45, 2.75) is 12.3 Å². The van der Waals surface area contributed by atoms with E-state index < -0.39 is 5.91 Å². The summed E-state index contributed by atoms with van der Waals surface area (Å²) in [7, 11) is 0. The van der Waals surface area contributed by atoms with Crippen molar-refractivity contribution in [1.29, 1.82) is 0 Å². The lowest BCUT2D eigenvalue weighted by Crippen LogP contribution is -2.24. The van der Waals surface area contributed by atoms with E-state index in [1.54, 1.807) is 4.90 Å². The van der Waals surface area contributed by atoms with Gasteiger partial charge in [0.15, 0.2) is 0 Å². The quantitative estimate of drug-likeness (QED) is 0.883. The molecule has 0 radical (unpaired) electrons. The second-order valence-corrected chi connectivity index (χ2v) is 5.84. The highest BCUT2D eigenvalue weighted by Crippen LogP contribution is 2.31. The highest BCUT2D eigenvalue weighted by Gasteiger charge is 2.35. The van der Waals surface area contributed by atoms with Gasteiger partial charge in [-0.3, -0.25) is 14.9 Å². The molecule has 1 aromatic heterocycles. The molecule has 134 valence electrons. The van der Waals surface area contributed by atoms with Gasteiger partial charge in [-0.1, -0.05) is 23.3 Å². The molecule has 2 aliphatic rings. The van der Waals surface area contributed by atoms with Crippen molar-refractivity contribution in [3.8, 4) is 0 Å². The summed E-state index contributed by atoms with van der Waals surface area (Å²) in [6.07, 6.45) is 1.51. The first kappa shape index (κ1) is 16.1. The summed E-state index contributed by atoms with van der Waals surface area (Å²) in [6, 6.07) is 9.35. The second-order valence-electron chi connectivity index (χ2n) is 5.84. The van der Waals surface area contributed by atoms with E-state index >= 15 is 0 Å². The van der Waals surface area contributed by atoms with E-state index in [9.17, 15) is 9.59 Å². The van der Waals surface area contributed by atoms with Crippen LogP contribution in [0, 0.1) is 0 Å². The van der Waals surface area contributed by atoms with Crippen LogP contribution in [-0.4, -0.2) is 41.8 Å². The van der Waals surface area contributed by atoms with Crippen molar-refractivity contribution < 1.29 is 23.5 Å². The molecular formula is C17H16N4O5. The van der Waals surface area contributed by atoms with Crippen LogP contribution in [0.1, 0.15) is 18.2 Å². The Kier molecular flexibility index (Phi) is 4.26. The Hall–Kier alpha value is -3.36. The summed E-state index contributed by atoms with van der Waals surface area (Å²) in [5.74, 6) is -0.422. The van der Waals surface area contributed by atoms with Gasteiger partial charge in [0.2, 0.25) is 17.6 Å². The molecule has 9 heteroatoms.